The van der Waals surface area contributed by atoms with Crippen LogP contribution in [0.25, 0.3) is 0 Å². The number of para-hydroxylation sites is 1. The quantitative estimate of drug-likeness (QED) is 0.613. The number of carbonyl (C=O) groups is 3. The third-order valence-electron chi connectivity index (χ3n) is 5.52. The Hall–Kier alpha value is -3.58. The molecule has 32 heavy (non-hydrogen) atoms. The molecule has 0 radical (unpaired) electrons. The predicted octanol–water partition coefficient (Wildman–Crippen LogP) is 4.13. The Bertz CT molecular complexity index is 1180. The highest BCUT2D eigenvalue weighted by molar-refractivity contribution is 6.34. The molecular formula is C24H23ClN4O3. The second kappa shape index (κ2) is 8.88. The van der Waals surface area contributed by atoms with Crippen LogP contribution in [0.2, 0.25) is 5.02 Å². The lowest BCUT2D eigenvalue weighted by Crippen LogP contribution is -2.28. The lowest BCUT2D eigenvalue weighted by atomic mass is 10.1. The Balaban J connectivity index is 1.43. The zero-order valence-electron chi connectivity index (χ0n) is 17.8. The minimum absolute atomic E-state index is 0.101. The zero-order valence-corrected chi connectivity index (χ0v) is 18.5. The monoisotopic (exact) mass is 450 g/mol. The largest absolute Gasteiger partial charge is 0.326 e. The molecule has 1 fully saturated rings. The summed E-state index contributed by atoms with van der Waals surface area (Å²) in [6.07, 6.45) is 0.101. The van der Waals surface area contributed by atoms with Crippen molar-refractivity contribution < 1.29 is 14.4 Å². The van der Waals surface area contributed by atoms with E-state index in [1.165, 1.54) is 4.90 Å². The Kier molecular flexibility index (Phi) is 6.01. The number of aromatic nitrogens is 1. The standard InChI is InChI=1S/C24H23ClN4O3/c1-15-10-11-16(2)29(15)27-24(32)17-6-5-7-19(12-17)26-23(31)18-13-22(30)28(14-18)21-9-4-3-8-20(21)25/h3-12,18H,13-14H2,1-2H3,(H,26,31)(H,27,32)/t18-/m1/s1. The van der Waals surface area contributed by atoms with Gasteiger partial charge in [-0.2, -0.15) is 0 Å². The third-order valence-corrected chi connectivity index (χ3v) is 5.84. The van der Waals surface area contributed by atoms with Crippen LogP contribution in [0.15, 0.2) is 60.7 Å². The van der Waals surface area contributed by atoms with Crippen LogP contribution in [-0.4, -0.2) is 28.9 Å². The first kappa shape index (κ1) is 21.6. The number of rotatable bonds is 5. The molecule has 0 unspecified atom stereocenters. The summed E-state index contributed by atoms with van der Waals surface area (Å²) >= 11 is 6.21. The highest BCUT2D eigenvalue weighted by Crippen LogP contribution is 2.31. The number of carbonyl (C=O) groups excluding carboxylic acids is 3. The van der Waals surface area contributed by atoms with E-state index < -0.39 is 5.92 Å². The van der Waals surface area contributed by atoms with Crippen LogP contribution in [-0.2, 0) is 9.59 Å². The lowest BCUT2D eigenvalue weighted by Gasteiger charge is -2.18. The van der Waals surface area contributed by atoms with E-state index in [0.717, 1.165) is 11.4 Å². The van der Waals surface area contributed by atoms with Crippen LogP contribution in [0.5, 0.6) is 0 Å². The smallest absolute Gasteiger partial charge is 0.270 e. The summed E-state index contributed by atoms with van der Waals surface area (Å²) in [6, 6.07) is 17.6. The van der Waals surface area contributed by atoms with Crippen LogP contribution in [0.1, 0.15) is 28.2 Å². The Morgan fingerprint density at radius 3 is 2.44 bits per heavy atom. The van der Waals surface area contributed by atoms with E-state index in [4.69, 9.17) is 11.6 Å². The van der Waals surface area contributed by atoms with Gasteiger partial charge in [0, 0.05) is 35.6 Å². The van der Waals surface area contributed by atoms with Gasteiger partial charge in [-0.05, 0) is 56.3 Å². The van der Waals surface area contributed by atoms with Gasteiger partial charge in [0.1, 0.15) is 0 Å². The van der Waals surface area contributed by atoms with E-state index in [0.29, 0.717) is 22.0 Å². The van der Waals surface area contributed by atoms with Crippen LogP contribution >= 0.6 is 11.6 Å². The highest BCUT2D eigenvalue weighted by atomic mass is 35.5. The van der Waals surface area contributed by atoms with E-state index in [1.54, 1.807) is 53.2 Å². The summed E-state index contributed by atoms with van der Waals surface area (Å²) in [6.45, 7) is 4.05. The van der Waals surface area contributed by atoms with Crippen LogP contribution in [0, 0.1) is 19.8 Å². The fourth-order valence-electron chi connectivity index (χ4n) is 3.78. The molecule has 1 atom stereocenters. The maximum Gasteiger partial charge on any atom is 0.270 e. The highest BCUT2D eigenvalue weighted by Gasteiger charge is 2.35. The first-order valence-electron chi connectivity index (χ1n) is 10.3. The van der Waals surface area contributed by atoms with Crippen molar-refractivity contribution in [1.82, 2.24) is 4.68 Å². The van der Waals surface area contributed by atoms with Gasteiger partial charge in [0.2, 0.25) is 11.8 Å². The minimum Gasteiger partial charge on any atom is -0.326 e. The molecule has 2 aromatic carbocycles. The summed E-state index contributed by atoms with van der Waals surface area (Å²) in [4.78, 5) is 39.5. The van der Waals surface area contributed by atoms with Crippen LogP contribution < -0.4 is 15.6 Å². The maximum atomic E-state index is 12.8. The molecular weight excluding hydrogens is 428 g/mol. The molecule has 0 aliphatic carbocycles. The van der Waals surface area contributed by atoms with Crippen molar-refractivity contribution in [2.75, 3.05) is 22.2 Å². The van der Waals surface area contributed by atoms with Crippen molar-refractivity contribution in [2.24, 2.45) is 5.92 Å². The average molecular weight is 451 g/mol. The predicted molar refractivity (Wildman–Crippen MR) is 125 cm³/mol. The Morgan fingerprint density at radius 2 is 1.72 bits per heavy atom. The summed E-state index contributed by atoms with van der Waals surface area (Å²) in [7, 11) is 0. The molecule has 1 saturated heterocycles. The second-order valence-electron chi connectivity index (χ2n) is 7.82. The Morgan fingerprint density at radius 1 is 1.00 bits per heavy atom. The molecule has 1 aromatic heterocycles. The van der Waals surface area contributed by atoms with Crippen LogP contribution in [0.4, 0.5) is 11.4 Å². The molecule has 3 amide bonds. The van der Waals surface area contributed by atoms with Gasteiger partial charge in [-0.1, -0.05) is 29.8 Å². The molecule has 7 nitrogen and oxygen atoms in total. The van der Waals surface area contributed by atoms with Crippen molar-refractivity contribution in [2.45, 2.75) is 20.3 Å². The fraction of sp³-hybridized carbons (Fsp3) is 0.208. The van der Waals surface area contributed by atoms with E-state index in [-0.39, 0.29) is 30.7 Å². The van der Waals surface area contributed by atoms with E-state index >= 15 is 0 Å². The third kappa shape index (κ3) is 4.38. The summed E-state index contributed by atoms with van der Waals surface area (Å²) in [5, 5.41) is 3.30. The van der Waals surface area contributed by atoms with Crippen molar-refractivity contribution in [1.29, 1.82) is 0 Å². The molecule has 1 aliphatic rings. The minimum atomic E-state index is -0.513. The number of nitrogens with one attached hydrogen (secondary N) is 2. The first-order valence-corrected chi connectivity index (χ1v) is 10.6. The van der Waals surface area contributed by atoms with Gasteiger partial charge in [0.05, 0.1) is 16.6 Å². The van der Waals surface area contributed by atoms with Gasteiger partial charge >= 0.3 is 0 Å². The molecule has 4 rings (SSSR count). The lowest BCUT2D eigenvalue weighted by molar-refractivity contribution is -0.122. The molecule has 2 N–H and O–H groups in total. The number of hydrogen-bond donors (Lipinski definition) is 2. The van der Waals surface area contributed by atoms with Gasteiger partial charge < -0.3 is 10.2 Å². The Labute approximate surface area is 190 Å². The molecule has 0 bridgehead atoms. The number of anilines is 2. The van der Waals surface area contributed by atoms with Gasteiger partial charge in [-0.25, -0.2) is 0 Å². The molecule has 164 valence electrons. The molecule has 2 heterocycles. The molecule has 3 aromatic rings. The summed E-state index contributed by atoms with van der Waals surface area (Å²) < 4.78 is 1.71. The molecule has 0 saturated carbocycles. The maximum absolute atomic E-state index is 12.8. The average Bonchev–Trinajstić information content (AvgIpc) is 3.31. The van der Waals surface area contributed by atoms with Crippen molar-refractivity contribution in [3.8, 4) is 0 Å². The number of aryl methyl sites for hydroxylation is 2. The first-order chi connectivity index (χ1) is 15.3. The molecule has 8 heteroatoms. The van der Waals surface area contributed by atoms with Crippen LogP contribution in [0.3, 0.4) is 0 Å². The fourth-order valence-corrected chi connectivity index (χ4v) is 4.02. The summed E-state index contributed by atoms with van der Waals surface area (Å²) in [5.41, 5.74) is 6.18. The number of hydrogen-bond acceptors (Lipinski definition) is 3. The van der Waals surface area contributed by atoms with E-state index in [1.807, 2.05) is 26.0 Å². The van der Waals surface area contributed by atoms with Gasteiger partial charge in [-0.15, -0.1) is 0 Å². The second-order valence-corrected chi connectivity index (χ2v) is 8.23. The van der Waals surface area contributed by atoms with Crippen molar-refractivity contribution >= 4 is 40.7 Å². The van der Waals surface area contributed by atoms with Crippen molar-refractivity contribution in [3.05, 3.63) is 82.6 Å². The van der Waals surface area contributed by atoms with Gasteiger partial charge in [0.15, 0.2) is 0 Å². The van der Waals surface area contributed by atoms with Gasteiger partial charge in [-0.3, -0.25) is 24.5 Å². The summed E-state index contributed by atoms with van der Waals surface area (Å²) in [5.74, 6) is -1.22. The topological polar surface area (TPSA) is 83.4 Å². The van der Waals surface area contributed by atoms with E-state index in [9.17, 15) is 14.4 Å². The molecule has 0 spiro atoms. The normalized spacial score (nSPS) is 15.7. The SMILES string of the molecule is Cc1ccc(C)n1NC(=O)c1cccc(NC(=O)[C@@H]2CC(=O)N(c3ccccc3Cl)C2)c1. The number of halogens is 1. The molecule has 1 aliphatic heterocycles. The number of nitrogens with zero attached hydrogens (tertiary/aromatic N) is 2. The number of benzene rings is 2. The van der Waals surface area contributed by atoms with Crippen molar-refractivity contribution in [3.63, 3.8) is 0 Å². The van der Waals surface area contributed by atoms with E-state index in [2.05, 4.69) is 10.7 Å². The van der Waals surface area contributed by atoms with Gasteiger partial charge in [0.25, 0.3) is 5.91 Å². The number of amides is 3. The zero-order chi connectivity index (χ0) is 22.8.